The number of aromatic nitrogens is 1. The van der Waals surface area contributed by atoms with Gasteiger partial charge in [-0.05, 0) is 12.8 Å². The summed E-state index contributed by atoms with van der Waals surface area (Å²) in [5.74, 6) is -0.120. The third-order valence-corrected chi connectivity index (χ3v) is 3.14. The number of aryl methyl sites for hydroxylation is 1. The predicted octanol–water partition coefficient (Wildman–Crippen LogP) is 1.68. The molecule has 0 fully saturated rings. The lowest BCUT2D eigenvalue weighted by Gasteiger charge is -2.13. The zero-order valence-corrected chi connectivity index (χ0v) is 11.0. The summed E-state index contributed by atoms with van der Waals surface area (Å²) < 4.78 is 0. The maximum absolute atomic E-state index is 11.7. The Hall–Kier alpha value is -1.29. The van der Waals surface area contributed by atoms with Gasteiger partial charge in [-0.3, -0.25) is 9.59 Å². The van der Waals surface area contributed by atoms with Crippen LogP contribution in [-0.2, 0) is 0 Å². The average molecular weight is 257 g/mol. The van der Waals surface area contributed by atoms with E-state index < -0.39 is 5.91 Å². The second-order valence-corrected chi connectivity index (χ2v) is 4.92. The summed E-state index contributed by atoms with van der Waals surface area (Å²) in [6, 6.07) is 1.40. The standard InChI is InChI=1S/C12H17ClN2O2/c1-7(2)10(13)6-15-12(17)9-5-14-8(3)4-11(9)16/h4-5,7,10H,6H2,1-3H3,(H,14,16)(H,15,17). The molecule has 1 rings (SSSR count). The molecule has 0 saturated carbocycles. The van der Waals surface area contributed by atoms with Gasteiger partial charge < -0.3 is 10.3 Å². The van der Waals surface area contributed by atoms with Crippen LogP contribution in [0.5, 0.6) is 0 Å². The minimum atomic E-state index is -0.391. The van der Waals surface area contributed by atoms with E-state index in [4.69, 9.17) is 11.6 Å². The molecule has 0 bridgehead atoms. The van der Waals surface area contributed by atoms with E-state index in [2.05, 4.69) is 10.3 Å². The lowest BCUT2D eigenvalue weighted by Crippen LogP contribution is -2.34. The number of pyridine rings is 1. The first-order valence-corrected chi connectivity index (χ1v) is 5.97. The topological polar surface area (TPSA) is 62.0 Å². The zero-order chi connectivity index (χ0) is 13.0. The summed E-state index contributed by atoms with van der Waals surface area (Å²) >= 11 is 6.01. The van der Waals surface area contributed by atoms with Crippen molar-refractivity contribution in [2.75, 3.05) is 6.54 Å². The lowest BCUT2D eigenvalue weighted by atomic mass is 10.1. The van der Waals surface area contributed by atoms with E-state index in [0.29, 0.717) is 6.54 Å². The Balaban J connectivity index is 2.68. The van der Waals surface area contributed by atoms with Crippen molar-refractivity contribution < 1.29 is 4.79 Å². The zero-order valence-electron chi connectivity index (χ0n) is 10.2. The Morgan fingerprint density at radius 2 is 2.18 bits per heavy atom. The number of hydrogen-bond donors (Lipinski definition) is 2. The van der Waals surface area contributed by atoms with E-state index in [1.54, 1.807) is 6.92 Å². The van der Waals surface area contributed by atoms with E-state index in [9.17, 15) is 9.59 Å². The van der Waals surface area contributed by atoms with Crippen LogP contribution < -0.4 is 10.7 Å². The molecular weight excluding hydrogens is 240 g/mol. The maximum atomic E-state index is 11.7. The molecule has 4 nitrogen and oxygen atoms in total. The Morgan fingerprint density at radius 1 is 1.53 bits per heavy atom. The summed E-state index contributed by atoms with van der Waals surface area (Å²) in [5, 5.41) is 2.51. The minimum Gasteiger partial charge on any atom is -0.364 e. The molecule has 94 valence electrons. The van der Waals surface area contributed by atoms with Crippen molar-refractivity contribution in [3.05, 3.63) is 33.7 Å². The van der Waals surface area contributed by atoms with Crippen molar-refractivity contribution in [3.8, 4) is 0 Å². The monoisotopic (exact) mass is 256 g/mol. The van der Waals surface area contributed by atoms with Gasteiger partial charge in [-0.25, -0.2) is 0 Å². The fraction of sp³-hybridized carbons (Fsp3) is 0.500. The summed E-state index contributed by atoms with van der Waals surface area (Å²) in [5.41, 5.74) is 0.557. The first-order chi connectivity index (χ1) is 7.91. The Bertz CT molecular complexity index is 454. The van der Waals surface area contributed by atoms with Gasteiger partial charge in [0, 0.05) is 24.5 Å². The highest BCUT2D eigenvalue weighted by molar-refractivity contribution is 6.21. The molecule has 0 aliphatic heterocycles. The molecule has 0 aliphatic carbocycles. The van der Waals surface area contributed by atoms with E-state index in [1.165, 1.54) is 12.3 Å². The summed E-state index contributed by atoms with van der Waals surface area (Å²) in [6.07, 6.45) is 1.42. The van der Waals surface area contributed by atoms with Crippen LogP contribution in [0.2, 0.25) is 0 Å². The number of hydrogen-bond acceptors (Lipinski definition) is 2. The molecule has 0 aromatic carbocycles. The van der Waals surface area contributed by atoms with Crippen molar-refractivity contribution in [2.45, 2.75) is 26.1 Å². The number of rotatable bonds is 4. The molecule has 17 heavy (non-hydrogen) atoms. The van der Waals surface area contributed by atoms with Crippen molar-refractivity contribution in [2.24, 2.45) is 5.92 Å². The van der Waals surface area contributed by atoms with Crippen LogP contribution in [0.1, 0.15) is 29.9 Å². The molecular formula is C12H17ClN2O2. The molecule has 1 aromatic rings. The van der Waals surface area contributed by atoms with Crippen molar-refractivity contribution in [1.82, 2.24) is 10.3 Å². The Labute approximate surface area is 105 Å². The van der Waals surface area contributed by atoms with Crippen LogP contribution in [0.25, 0.3) is 0 Å². The molecule has 1 amide bonds. The van der Waals surface area contributed by atoms with Crippen molar-refractivity contribution in [3.63, 3.8) is 0 Å². The van der Waals surface area contributed by atoms with Gasteiger partial charge in [-0.2, -0.15) is 0 Å². The van der Waals surface area contributed by atoms with Crippen LogP contribution >= 0.6 is 11.6 Å². The third-order valence-electron chi connectivity index (χ3n) is 2.48. The number of halogens is 1. The van der Waals surface area contributed by atoms with Gasteiger partial charge in [-0.1, -0.05) is 13.8 Å². The van der Waals surface area contributed by atoms with Crippen LogP contribution in [0.15, 0.2) is 17.1 Å². The van der Waals surface area contributed by atoms with Crippen LogP contribution in [0.4, 0.5) is 0 Å². The second-order valence-electron chi connectivity index (χ2n) is 4.36. The van der Waals surface area contributed by atoms with Gasteiger partial charge in [-0.15, -0.1) is 11.6 Å². The van der Waals surface area contributed by atoms with Crippen LogP contribution in [0.3, 0.4) is 0 Å². The van der Waals surface area contributed by atoms with Gasteiger partial charge in [0.2, 0.25) is 0 Å². The maximum Gasteiger partial charge on any atom is 0.256 e. The quantitative estimate of drug-likeness (QED) is 0.805. The normalized spacial score (nSPS) is 12.5. The molecule has 5 heteroatoms. The predicted molar refractivity (Wildman–Crippen MR) is 68.6 cm³/mol. The molecule has 2 N–H and O–H groups in total. The van der Waals surface area contributed by atoms with Crippen LogP contribution in [-0.4, -0.2) is 22.8 Å². The molecule has 0 saturated heterocycles. The van der Waals surface area contributed by atoms with E-state index in [1.807, 2.05) is 13.8 Å². The van der Waals surface area contributed by atoms with Gasteiger partial charge in [0.1, 0.15) is 5.56 Å². The molecule has 1 unspecified atom stereocenters. The number of amides is 1. The smallest absolute Gasteiger partial charge is 0.256 e. The first kappa shape index (κ1) is 13.8. The Morgan fingerprint density at radius 3 is 2.71 bits per heavy atom. The van der Waals surface area contributed by atoms with E-state index in [0.717, 1.165) is 5.69 Å². The first-order valence-electron chi connectivity index (χ1n) is 5.53. The van der Waals surface area contributed by atoms with Gasteiger partial charge in [0.05, 0.1) is 5.38 Å². The van der Waals surface area contributed by atoms with Gasteiger partial charge in [0.15, 0.2) is 5.43 Å². The highest BCUT2D eigenvalue weighted by Gasteiger charge is 2.14. The number of carbonyl (C=O) groups excluding carboxylic acids is 1. The lowest BCUT2D eigenvalue weighted by molar-refractivity contribution is 0.0951. The fourth-order valence-electron chi connectivity index (χ4n) is 1.27. The number of alkyl halides is 1. The van der Waals surface area contributed by atoms with Gasteiger partial charge >= 0.3 is 0 Å². The highest BCUT2D eigenvalue weighted by atomic mass is 35.5. The molecule has 1 heterocycles. The van der Waals surface area contributed by atoms with Crippen LogP contribution in [0, 0.1) is 12.8 Å². The van der Waals surface area contributed by atoms with E-state index >= 15 is 0 Å². The summed E-state index contributed by atoms with van der Waals surface area (Å²) in [4.78, 5) is 26.1. The largest absolute Gasteiger partial charge is 0.364 e. The average Bonchev–Trinajstić information content (AvgIpc) is 2.25. The van der Waals surface area contributed by atoms with Crippen molar-refractivity contribution >= 4 is 17.5 Å². The highest BCUT2D eigenvalue weighted by Crippen LogP contribution is 2.07. The van der Waals surface area contributed by atoms with Gasteiger partial charge in [0.25, 0.3) is 5.91 Å². The molecule has 0 radical (unpaired) electrons. The van der Waals surface area contributed by atoms with E-state index in [-0.39, 0.29) is 22.3 Å². The molecule has 1 atom stereocenters. The number of aromatic amines is 1. The number of carbonyl (C=O) groups is 1. The van der Waals surface area contributed by atoms with Crippen molar-refractivity contribution in [1.29, 1.82) is 0 Å². The second kappa shape index (κ2) is 5.87. The number of nitrogens with one attached hydrogen (secondary N) is 2. The molecule has 0 spiro atoms. The SMILES string of the molecule is Cc1cc(=O)c(C(=O)NCC(Cl)C(C)C)c[nH]1. The minimum absolute atomic E-state index is 0.114. The summed E-state index contributed by atoms with van der Waals surface area (Å²) in [7, 11) is 0. The third kappa shape index (κ3) is 3.89. The molecule has 0 aliphatic rings. The molecule has 1 aromatic heterocycles. The fourth-order valence-corrected chi connectivity index (χ4v) is 1.35. The summed E-state index contributed by atoms with van der Waals surface area (Å²) in [6.45, 7) is 6.06. The Kier molecular flexibility index (Phi) is 4.75. The number of H-pyrrole nitrogens is 1.